The van der Waals surface area contributed by atoms with Crippen molar-refractivity contribution in [2.75, 3.05) is 0 Å². The fraction of sp³-hybridized carbons (Fsp3) is 0.278. The number of carboxylic acid groups (broad SMARTS) is 1. The van der Waals surface area contributed by atoms with Gasteiger partial charge in [-0.2, -0.15) is 0 Å². The lowest BCUT2D eigenvalue weighted by atomic mass is 10.0. The molecule has 0 spiro atoms. The van der Waals surface area contributed by atoms with Crippen LogP contribution in [0.1, 0.15) is 34.7 Å². The largest absolute Gasteiger partial charge is 0.480 e. The SMILES string of the molecule is O=C(O)C(NCc1ccc2c(c1)CCC2)c1ccccc1. The van der Waals surface area contributed by atoms with Gasteiger partial charge in [-0.3, -0.25) is 10.1 Å². The van der Waals surface area contributed by atoms with E-state index in [4.69, 9.17) is 0 Å². The Hall–Kier alpha value is -2.13. The van der Waals surface area contributed by atoms with Crippen LogP contribution in [0.3, 0.4) is 0 Å². The van der Waals surface area contributed by atoms with E-state index >= 15 is 0 Å². The normalized spacial score (nSPS) is 14.7. The van der Waals surface area contributed by atoms with Gasteiger partial charge in [0, 0.05) is 6.54 Å². The van der Waals surface area contributed by atoms with E-state index < -0.39 is 12.0 Å². The maximum atomic E-state index is 11.4. The Kier molecular flexibility index (Phi) is 4.02. The molecule has 108 valence electrons. The van der Waals surface area contributed by atoms with Crippen LogP contribution in [0.2, 0.25) is 0 Å². The first-order chi connectivity index (χ1) is 10.2. The number of nitrogens with one attached hydrogen (secondary N) is 1. The van der Waals surface area contributed by atoms with Crippen LogP contribution in [0.25, 0.3) is 0 Å². The quantitative estimate of drug-likeness (QED) is 0.885. The molecule has 0 amide bonds. The molecule has 1 aliphatic rings. The van der Waals surface area contributed by atoms with Crippen LogP contribution in [0.5, 0.6) is 0 Å². The van der Waals surface area contributed by atoms with Gasteiger partial charge < -0.3 is 5.11 Å². The second-order valence-corrected chi connectivity index (χ2v) is 5.52. The number of fused-ring (bicyclic) bond motifs is 1. The first kappa shape index (κ1) is 13.8. The van der Waals surface area contributed by atoms with E-state index in [0.717, 1.165) is 17.5 Å². The summed E-state index contributed by atoms with van der Waals surface area (Å²) in [5.74, 6) is -0.845. The Morgan fingerprint density at radius 1 is 1.10 bits per heavy atom. The van der Waals surface area contributed by atoms with Crippen LogP contribution in [-0.4, -0.2) is 11.1 Å². The van der Waals surface area contributed by atoms with Crippen molar-refractivity contribution < 1.29 is 9.90 Å². The number of aryl methyl sites for hydroxylation is 2. The van der Waals surface area contributed by atoms with Crippen molar-refractivity contribution in [3.63, 3.8) is 0 Å². The number of rotatable bonds is 5. The fourth-order valence-electron chi connectivity index (χ4n) is 2.95. The van der Waals surface area contributed by atoms with Crippen LogP contribution in [0, 0.1) is 0 Å². The number of carbonyl (C=O) groups is 1. The summed E-state index contributed by atoms with van der Waals surface area (Å²) < 4.78 is 0. The van der Waals surface area contributed by atoms with Gasteiger partial charge >= 0.3 is 5.97 Å². The highest BCUT2D eigenvalue weighted by molar-refractivity contribution is 5.75. The molecule has 0 saturated heterocycles. The van der Waals surface area contributed by atoms with Gasteiger partial charge in [0.15, 0.2) is 0 Å². The molecule has 1 aliphatic carbocycles. The van der Waals surface area contributed by atoms with Crippen molar-refractivity contribution in [2.24, 2.45) is 0 Å². The van der Waals surface area contributed by atoms with E-state index in [1.165, 1.54) is 24.0 Å². The van der Waals surface area contributed by atoms with Crippen LogP contribution in [0.4, 0.5) is 0 Å². The minimum absolute atomic E-state index is 0.569. The minimum Gasteiger partial charge on any atom is -0.480 e. The maximum absolute atomic E-state index is 11.4. The molecule has 0 aromatic heterocycles. The highest BCUT2D eigenvalue weighted by Gasteiger charge is 2.19. The molecule has 2 N–H and O–H groups in total. The summed E-state index contributed by atoms with van der Waals surface area (Å²) in [5.41, 5.74) is 4.79. The summed E-state index contributed by atoms with van der Waals surface area (Å²) in [7, 11) is 0. The smallest absolute Gasteiger partial charge is 0.325 e. The Morgan fingerprint density at radius 2 is 1.86 bits per heavy atom. The van der Waals surface area contributed by atoms with Gasteiger partial charge in [-0.25, -0.2) is 0 Å². The van der Waals surface area contributed by atoms with Gasteiger partial charge in [-0.05, 0) is 41.5 Å². The van der Waals surface area contributed by atoms with E-state index in [-0.39, 0.29) is 0 Å². The zero-order valence-corrected chi connectivity index (χ0v) is 11.9. The van der Waals surface area contributed by atoms with E-state index in [2.05, 4.69) is 23.5 Å². The molecule has 0 radical (unpaired) electrons. The van der Waals surface area contributed by atoms with Crippen molar-refractivity contribution in [1.82, 2.24) is 5.32 Å². The summed E-state index contributed by atoms with van der Waals surface area (Å²) in [4.78, 5) is 11.4. The maximum Gasteiger partial charge on any atom is 0.325 e. The molecule has 0 bridgehead atoms. The van der Waals surface area contributed by atoms with Crippen molar-refractivity contribution >= 4 is 5.97 Å². The lowest BCUT2D eigenvalue weighted by molar-refractivity contribution is -0.139. The van der Waals surface area contributed by atoms with Gasteiger partial charge in [0.2, 0.25) is 0 Å². The lowest BCUT2D eigenvalue weighted by Gasteiger charge is -2.15. The summed E-state index contributed by atoms with van der Waals surface area (Å²) >= 11 is 0. The molecule has 0 aliphatic heterocycles. The molecule has 3 heteroatoms. The third-order valence-electron chi connectivity index (χ3n) is 4.05. The zero-order chi connectivity index (χ0) is 14.7. The van der Waals surface area contributed by atoms with Crippen molar-refractivity contribution in [3.05, 3.63) is 70.8 Å². The molecule has 0 saturated carbocycles. The topological polar surface area (TPSA) is 49.3 Å². The van der Waals surface area contributed by atoms with E-state index in [1.807, 2.05) is 30.3 Å². The summed E-state index contributed by atoms with van der Waals surface area (Å²) in [5, 5.41) is 12.5. The first-order valence-corrected chi connectivity index (χ1v) is 7.36. The number of hydrogen-bond acceptors (Lipinski definition) is 2. The van der Waals surface area contributed by atoms with Crippen LogP contribution in [0.15, 0.2) is 48.5 Å². The molecular weight excluding hydrogens is 262 g/mol. The average molecular weight is 281 g/mol. The average Bonchev–Trinajstić information content (AvgIpc) is 2.96. The number of hydrogen-bond donors (Lipinski definition) is 2. The molecule has 1 unspecified atom stereocenters. The predicted molar refractivity (Wildman–Crippen MR) is 82.1 cm³/mol. The van der Waals surface area contributed by atoms with Crippen molar-refractivity contribution in [3.8, 4) is 0 Å². The van der Waals surface area contributed by atoms with Crippen molar-refractivity contribution in [2.45, 2.75) is 31.8 Å². The second-order valence-electron chi connectivity index (χ2n) is 5.52. The molecule has 1 atom stereocenters. The predicted octanol–water partition coefficient (Wildman–Crippen LogP) is 3.09. The van der Waals surface area contributed by atoms with Crippen LogP contribution >= 0.6 is 0 Å². The van der Waals surface area contributed by atoms with Crippen LogP contribution < -0.4 is 5.32 Å². The van der Waals surface area contributed by atoms with Crippen molar-refractivity contribution in [1.29, 1.82) is 0 Å². The fourth-order valence-corrected chi connectivity index (χ4v) is 2.95. The van der Waals surface area contributed by atoms with E-state index in [1.54, 1.807) is 0 Å². The molecule has 3 rings (SSSR count). The van der Waals surface area contributed by atoms with E-state index in [0.29, 0.717) is 6.54 Å². The Bertz CT molecular complexity index is 637. The highest BCUT2D eigenvalue weighted by atomic mass is 16.4. The Balaban J connectivity index is 1.71. The number of aliphatic carboxylic acids is 1. The highest BCUT2D eigenvalue weighted by Crippen LogP contribution is 2.23. The van der Waals surface area contributed by atoms with Gasteiger partial charge in [-0.15, -0.1) is 0 Å². The first-order valence-electron chi connectivity index (χ1n) is 7.36. The Morgan fingerprint density at radius 3 is 2.62 bits per heavy atom. The number of carboxylic acids is 1. The standard InChI is InChI=1S/C18H19NO2/c20-18(21)17(15-5-2-1-3-6-15)19-12-13-9-10-14-7-4-8-16(14)11-13/h1-3,5-6,9-11,17,19H,4,7-8,12H2,(H,20,21). The third kappa shape index (κ3) is 3.14. The monoisotopic (exact) mass is 281 g/mol. The molecule has 0 heterocycles. The van der Waals surface area contributed by atoms with Crippen LogP contribution in [-0.2, 0) is 24.2 Å². The second kappa shape index (κ2) is 6.10. The summed E-state index contributed by atoms with van der Waals surface area (Å²) in [6.45, 7) is 0.569. The molecule has 2 aromatic rings. The van der Waals surface area contributed by atoms with Gasteiger partial charge in [0.1, 0.15) is 6.04 Å². The van der Waals surface area contributed by atoms with Gasteiger partial charge in [0.05, 0.1) is 0 Å². The lowest BCUT2D eigenvalue weighted by Crippen LogP contribution is -2.28. The van der Waals surface area contributed by atoms with Gasteiger partial charge in [0.25, 0.3) is 0 Å². The molecular formula is C18H19NO2. The Labute approximate surface area is 124 Å². The molecule has 21 heavy (non-hydrogen) atoms. The minimum atomic E-state index is -0.845. The summed E-state index contributed by atoms with van der Waals surface area (Å²) in [6.07, 6.45) is 3.54. The van der Waals surface area contributed by atoms with Gasteiger partial charge in [-0.1, -0.05) is 48.5 Å². The third-order valence-corrected chi connectivity index (χ3v) is 4.05. The molecule has 2 aromatic carbocycles. The summed E-state index contributed by atoms with van der Waals surface area (Å²) in [6, 6.07) is 15.1. The molecule has 3 nitrogen and oxygen atoms in total. The van der Waals surface area contributed by atoms with E-state index in [9.17, 15) is 9.90 Å². The zero-order valence-electron chi connectivity index (χ0n) is 11.9. The molecule has 0 fully saturated rings. The number of benzene rings is 2.